The van der Waals surface area contributed by atoms with Gasteiger partial charge in [0.25, 0.3) is 0 Å². The molecular weight excluding hydrogens is 190 g/mol. The Morgan fingerprint density at radius 2 is 2.00 bits per heavy atom. The zero-order chi connectivity index (χ0) is 10.6. The predicted molar refractivity (Wildman–Crippen MR) is 45.2 cm³/mol. The maximum Gasteiger partial charge on any atom is 0.335 e. The van der Waals surface area contributed by atoms with Gasteiger partial charge in [0.15, 0.2) is 0 Å². The van der Waals surface area contributed by atoms with Gasteiger partial charge in [-0.25, -0.2) is 4.79 Å². The van der Waals surface area contributed by atoms with Crippen molar-refractivity contribution in [1.82, 2.24) is 5.39 Å². The van der Waals surface area contributed by atoms with Crippen LogP contribution in [0.1, 0.15) is 15.9 Å². The molecule has 0 unspecified atom stereocenters. The Hall–Kier alpha value is -1.47. The van der Waals surface area contributed by atoms with E-state index < -0.39 is 11.4 Å². The number of benzene rings is 1. The second-order valence-electron chi connectivity index (χ2n) is 2.51. The highest BCUT2D eigenvalue weighted by Gasteiger charge is 2.01. The molecule has 6 heteroatoms. The first-order valence-corrected chi connectivity index (χ1v) is 3.71. The first-order valence-electron chi connectivity index (χ1n) is 3.71. The second kappa shape index (κ2) is 4.68. The third-order valence-corrected chi connectivity index (χ3v) is 1.54. The van der Waals surface area contributed by atoms with E-state index in [2.05, 4.69) is 4.84 Å². The minimum Gasteiger partial charge on any atom is -0.738 e. The summed E-state index contributed by atoms with van der Waals surface area (Å²) in [5, 5.41) is 26.0. The molecule has 14 heavy (non-hydrogen) atoms. The Morgan fingerprint density at radius 3 is 2.43 bits per heavy atom. The molecule has 2 N–H and O–H groups in total. The van der Waals surface area contributed by atoms with Crippen molar-refractivity contribution < 1.29 is 19.9 Å². The summed E-state index contributed by atoms with van der Waals surface area (Å²) in [6.45, 7) is -0.111. The number of aromatic carboxylic acids is 1. The number of hydrogen-bond acceptors (Lipinski definition) is 5. The van der Waals surface area contributed by atoms with E-state index in [0.717, 1.165) is 0 Å². The number of carboxylic acid groups (broad SMARTS) is 1. The van der Waals surface area contributed by atoms with Crippen LogP contribution in [0.4, 0.5) is 0 Å². The van der Waals surface area contributed by atoms with Crippen LogP contribution < -0.4 is 0 Å². The third kappa shape index (κ3) is 3.11. The van der Waals surface area contributed by atoms with Gasteiger partial charge in [0, 0.05) is 0 Å². The molecule has 1 aromatic rings. The molecular formula is C8H8NO5-. The van der Waals surface area contributed by atoms with Crippen LogP contribution in [0.5, 0.6) is 0 Å². The van der Waals surface area contributed by atoms with Crippen LogP contribution in [0, 0.1) is 5.21 Å². The van der Waals surface area contributed by atoms with Crippen LogP contribution in [0.15, 0.2) is 24.3 Å². The van der Waals surface area contributed by atoms with E-state index in [1.807, 2.05) is 0 Å². The molecule has 0 radical (unpaired) electrons. The Bertz CT molecular complexity index is 308. The molecule has 0 fully saturated rings. The fourth-order valence-corrected chi connectivity index (χ4v) is 0.873. The van der Waals surface area contributed by atoms with Crippen LogP contribution in [0.2, 0.25) is 0 Å². The summed E-state index contributed by atoms with van der Waals surface area (Å²) in [6.07, 6.45) is 0. The summed E-state index contributed by atoms with van der Waals surface area (Å²) in [5.41, 5.74) is 0.738. The molecule has 0 spiro atoms. The Labute approximate surface area is 79.4 Å². The highest BCUT2D eigenvalue weighted by molar-refractivity contribution is 5.87. The van der Waals surface area contributed by atoms with E-state index in [1.165, 1.54) is 24.3 Å². The molecule has 0 aliphatic rings. The first-order chi connectivity index (χ1) is 6.59. The van der Waals surface area contributed by atoms with Crippen LogP contribution in [0.3, 0.4) is 0 Å². The third-order valence-electron chi connectivity index (χ3n) is 1.54. The highest BCUT2D eigenvalue weighted by Crippen LogP contribution is 2.05. The van der Waals surface area contributed by atoms with Gasteiger partial charge in [0.1, 0.15) is 0 Å². The van der Waals surface area contributed by atoms with Gasteiger partial charge < -0.3 is 15.5 Å². The molecule has 1 aromatic carbocycles. The zero-order valence-electron chi connectivity index (χ0n) is 7.08. The van der Waals surface area contributed by atoms with Crippen LogP contribution in [-0.2, 0) is 11.4 Å². The fourth-order valence-electron chi connectivity index (χ4n) is 0.873. The molecule has 1 rings (SSSR count). The zero-order valence-corrected chi connectivity index (χ0v) is 7.08. The first kappa shape index (κ1) is 10.6. The predicted octanol–water partition coefficient (Wildman–Crippen LogP) is 1.01. The van der Waals surface area contributed by atoms with Crippen LogP contribution in [-0.4, -0.2) is 21.7 Å². The largest absolute Gasteiger partial charge is 0.738 e. The number of carboxylic acids is 1. The van der Waals surface area contributed by atoms with Gasteiger partial charge in [-0.05, 0) is 17.7 Å². The molecule has 0 aliphatic carbocycles. The summed E-state index contributed by atoms with van der Waals surface area (Å²) in [4.78, 5) is 14.7. The molecule has 6 nitrogen and oxygen atoms in total. The highest BCUT2D eigenvalue weighted by atomic mass is 17.1. The Kier molecular flexibility index (Phi) is 3.55. The normalized spacial score (nSPS) is 10.5. The molecule has 0 saturated heterocycles. The summed E-state index contributed by atoms with van der Waals surface area (Å²) >= 11 is 0. The average Bonchev–Trinajstić information content (AvgIpc) is 2.15. The minimum absolute atomic E-state index is 0.111. The second-order valence-corrected chi connectivity index (χ2v) is 2.51. The fraction of sp³-hybridized carbons (Fsp3) is 0.125. The van der Waals surface area contributed by atoms with Crippen LogP contribution in [0.25, 0.3) is 0 Å². The summed E-state index contributed by atoms with van der Waals surface area (Å²) in [6, 6.07) is 5.75. The van der Waals surface area contributed by atoms with Crippen molar-refractivity contribution >= 4 is 5.97 Å². The van der Waals surface area contributed by atoms with Gasteiger partial charge in [-0.3, -0.25) is 4.84 Å². The van der Waals surface area contributed by atoms with E-state index in [4.69, 9.17) is 10.3 Å². The molecule has 0 bridgehead atoms. The average molecular weight is 198 g/mol. The van der Waals surface area contributed by atoms with Crippen molar-refractivity contribution in [2.24, 2.45) is 0 Å². The molecule has 0 aliphatic heterocycles. The monoisotopic (exact) mass is 198 g/mol. The Morgan fingerprint density at radius 1 is 1.43 bits per heavy atom. The lowest BCUT2D eigenvalue weighted by atomic mass is 10.1. The van der Waals surface area contributed by atoms with Gasteiger partial charge in [0.2, 0.25) is 0 Å². The molecule has 0 heterocycles. The van der Waals surface area contributed by atoms with Crippen molar-refractivity contribution in [3.63, 3.8) is 0 Å². The lowest BCUT2D eigenvalue weighted by Gasteiger charge is -2.17. The van der Waals surface area contributed by atoms with Gasteiger partial charge >= 0.3 is 5.97 Å². The molecule has 0 atom stereocenters. The van der Waals surface area contributed by atoms with Crippen molar-refractivity contribution in [3.05, 3.63) is 40.6 Å². The van der Waals surface area contributed by atoms with Crippen molar-refractivity contribution in [2.45, 2.75) is 6.61 Å². The van der Waals surface area contributed by atoms with E-state index in [1.54, 1.807) is 0 Å². The molecule has 76 valence electrons. The summed E-state index contributed by atoms with van der Waals surface area (Å²) in [7, 11) is 0. The van der Waals surface area contributed by atoms with Crippen molar-refractivity contribution in [2.75, 3.05) is 0 Å². The van der Waals surface area contributed by atoms with E-state index in [-0.39, 0.29) is 12.2 Å². The van der Waals surface area contributed by atoms with Crippen molar-refractivity contribution in [3.8, 4) is 0 Å². The number of carbonyl (C=O) groups is 1. The smallest absolute Gasteiger partial charge is 0.335 e. The van der Waals surface area contributed by atoms with Crippen molar-refractivity contribution in [1.29, 1.82) is 0 Å². The lowest BCUT2D eigenvalue weighted by molar-refractivity contribution is -0.312. The Balaban J connectivity index is 2.60. The maximum atomic E-state index is 10.4. The summed E-state index contributed by atoms with van der Waals surface area (Å²) in [5.74, 6) is -1.02. The van der Waals surface area contributed by atoms with E-state index in [9.17, 15) is 10.0 Å². The van der Waals surface area contributed by atoms with Gasteiger partial charge in [-0.1, -0.05) is 12.1 Å². The number of rotatable bonds is 4. The van der Waals surface area contributed by atoms with E-state index >= 15 is 0 Å². The van der Waals surface area contributed by atoms with Gasteiger partial charge in [-0.15, -0.1) is 5.39 Å². The molecule has 0 amide bonds. The topological polar surface area (TPSA) is 93.1 Å². The maximum absolute atomic E-state index is 10.4. The molecule has 0 saturated carbocycles. The number of hydrogen-bond donors (Lipinski definition) is 2. The summed E-state index contributed by atoms with van der Waals surface area (Å²) < 4.78 is 0. The quantitative estimate of drug-likeness (QED) is 0.701. The van der Waals surface area contributed by atoms with Gasteiger partial charge in [0.05, 0.1) is 12.2 Å². The minimum atomic E-state index is -1.02. The molecule has 0 aromatic heterocycles. The van der Waals surface area contributed by atoms with E-state index in [0.29, 0.717) is 5.56 Å². The number of nitrogens with zero attached hydrogens (tertiary/aromatic N) is 1. The standard InChI is InChI=1S/C8H8NO5/c10-8(11)7-3-1-6(2-4-7)5-14-9(12)13/h1-4,12H,5H2,(H,10,11)/q-1. The lowest BCUT2D eigenvalue weighted by Crippen LogP contribution is -2.10. The van der Waals surface area contributed by atoms with Crippen LogP contribution >= 0.6 is 0 Å². The van der Waals surface area contributed by atoms with Gasteiger partial charge in [-0.2, -0.15) is 0 Å². The SMILES string of the molecule is O=C(O)c1ccc(CON([O-])O)cc1.